The van der Waals surface area contributed by atoms with Crippen molar-refractivity contribution in [2.45, 2.75) is 65.1 Å². The van der Waals surface area contributed by atoms with Gasteiger partial charge < -0.3 is 14.4 Å². The number of hydrogen-bond donors (Lipinski definition) is 0. The number of methoxy groups -OCH3 is 1. The molecule has 0 radical (unpaired) electrons. The number of carbonyl (C=O) groups excluding carboxylic acids is 2. The zero-order valence-corrected chi connectivity index (χ0v) is 17.4. The first-order chi connectivity index (χ1) is 12.0. The molecule has 2 aliphatic rings. The first-order valence-electron chi connectivity index (χ1n) is 9.11. The lowest BCUT2D eigenvalue weighted by Crippen LogP contribution is -2.50. The molecule has 1 aliphatic heterocycles. The minimum Gasteiger partial charge on any atom is -0.444 e. The zero-order chi connectivity index (χ0) is 19.7. The predicted octanol–water partition coefficient (Wildman–Crippen LogP) is 4.45. The van der Waals surface area contributed by atoms with Gasteiger partial charge >= 0.3 is 6.09 Å². The number of rotatable bonds is 3. The summed E-state index contributed by atoms with van der Waals surface area (Å²) in [4.78, 5) is 26.0. The second-order valence-corrected chi connectivity index (χ2v) is 8.62. The molecule has 1 aliphatic carbocycles. The average Bonchev–Trinajstić information content (AvgIpc) is 2.56. The number of hydrogen-bond acceptors (Lipinski definition) is 4. The molecule has 2 rings (SSSR count). The third-order valence-corrected chi connectivity index (χ3v) is 5.76. The Morgan fingerprint density at radius 3 is 2.31 bits per heavy atom. The van der Waals surface area contributed by atoms with Crippen molar-refractivity contribution in [3.63, 3.8) is 0 Å². The van der Waals surface area contributed by atoms with Gasteiger partial charge in [-0.15, -0.1) is 0 Å². The van der Waals surface area contributed by atoms with Gasteiger partial charge in [-0.2, -0.15) is 0 Å². The van der Waals surface area contributed by atoms with E-state index in [1.54, 1.807) is 25.0 Å². The lowest BCUT2D eigenvalue weighted by molar-refractivity contribution is -0.115. The maximum absolute atomic E-state index is 12.3. The molecule has 0 N–H and O–H groups in total. The summed E-state index contributed by atoms with van der Waals surface area (Å²) in [7, 11) is 1.68. The van der Waals surface area contributed by atoms with Crippen LogP contribution in [0.4, 0.5) is 4.79 Å². The van der Waals surface area contributed by atoms with Crippen LogP contribution in [0.1, 0.15) is 53.9 Å². The van der Waals surface area contributed by atoms with E-state index >= 15 is 0 Å². The Morgan fingerprint density at radius 2 is 1.85 bits per heavy atom. The number of likely N-dealkylation sites (tertiary alicyclic amines) is 1. The molecule has 0 aromatic heterocycles. The number of nitrogens with zero attached hydrogens (tertiary/aromatic N) is 1. The Balaban J connectivity index is 2.15. The van der Waals surface area contributed by atoms with Crippen LogP contribution < -0.4 is 0 Å². The van der Waals surface area contributed by atoms with Crippen molar-refractivity contribution in [3.8, 4) is 0 Å². The van der Waals surface area contributed by atoms with Crippen molar-refractivity contribution >= 4 is 23.5 Å². The van der Waals surface area contributed by atoms with Crippen LogP contribution in [-0.2, 0) is 14.3 Å². The quantitative estimate of drug-likeness (QED) is 0.722. The Morgan fingerprint density at radius 1 is 1.27 bits per heavy atom. The summed E-state index contributed by atoms with van der Waals surface area (Å²) in [5, 5.41) is 0.581. The first-order valence-corrected chi connectivity index (χ1v) is 9.49. The molecular weight excluding hydrogens is 354 g/mol. The number of amides is 1. The summed E-state index contributed by atoms with van der Waals surface area (Å²) in [6.45, 7) is 10.3. The first kappa shape index (κ1) is 21.0. The monoisotopic (exact) mass is 383 g/mol. The molecule has 0 aromatic carbocycles. The Hall–Kier alpha value is -1.33. The Labute approximate surface area is 161 Å². The molecule has 1 fully saturated rings. The molecule has 6 heteroatoms. The number of allylic oxidation sites excluding steroid dienone is 2. The second kappa shape index (κ2) is 7.73. The third-order valence-electron chi connectivity index (χ3n) is 5.37. The SMILES string of the molecule is COC1(C2CCN(C(=O)OC(C)(C)C)CC2)CC(C(C)=O)=CC(Cl)=C1C. The smallest absolute Gasteiger partial charge is 0.410 e. The Kier molecular flexibility index (Phi) is 6.24. The highest BCUT2D eigenvalue weighted by atomic mass is 35.5. The molecule has 0 spiro atoms. The van der Waals surface area contributed by atoms with Crippen LogP contribution in [0.2, 0.25) is 0 Å². The molecule has 146 valence electrons. The van der Waals surface area contributed by atoms with E-state index in [9.17, 15) is 9.59 Å². The van der Waals surface area contributed by atoms with E-state index < -0.39 is 11.2 Å². The fraction of sp³-hybridized carbons (Fsp3) is 0.700. The lowest BCUT2D eigenvalue weighted by atomic mass is 9.70. The van der Waals surface area contributed by atoms with Crippen molar-refractivity contribution < 1.29 is 19.1 Å². The minimum absolute atomic E-state index is 0.0169. The maximum Gasteiger partial charge on any atom is 0.410 e. The van der Waals surface area contributed by atoms with Gasteiger partial charge in [-0.1, -0.05) is 11.6 Å². The molecule has 26 heavy (non-hydrogen) atoms. The standard InChI is InChI=1S/C20H30ClNO4/c1-13-17(21)11-15(14(2)23)12-20(13,25-6)16-7-9-22(10-8-16)18(24)26-19(3,4)5/h11,16H,7-10,12H2,1-6H3. The van der Waals surface area contributed by atoms with Gasteiger partial charge in [0.2, 0.25) is 0 Å². The highest BCUT2D eigenvalue weighted by Gasteiger charge is 2.46. The molecule has 1 atom stereocenters. The number of ketones is 1. The summed E-state index contributed by atoms with van der Waals surface area (Å²) in [5.41, 5.74) is 0.561. The summed E-state index contributed by atoms with van der Waals surface area (Å²) >= 11 is 6.43. The number of piperidine rings is 1. The molecule has 0 bridgehead atoms. The summed E-state index contributed by atoms with van der Waals surface area (Å²) in [6, 6.07) is 0. The van der Waals surface area contributed by atoms with Gasteiger partial charge in [0.05, 0.1) is 5.60 Å². The molecule has 5 nitrogen and oxygen atoms in total. The molecular formula is C20H30ClNO4. The number of ether oxygens (including phenoxy) is 2. The van der Waals surface area contributed by atoms with Gasteiger partial charge in [0, 0.05) is 31.7 Å². The van der Waals surface area contributed by atoms with Crippen molar-refractivity contribution in [2.75, 3.05) is 20.2 Å². The van der Waals surface area contributed by atoms with Crippen LogP contribution in [-0.4, -0.2) is 48.2 Å². The van der Waals surface area contributed by atoms with E-state index in [4.69, 9.17) is 21.1 Å². The summed E-state index contributed by atoms with van der Waals surface area (Å²) in [5.74, 6) is 0.200. The topological polar surface area (TPSA) is 55.8 Å². The van der Waals surface area contributed by atoms with Crippen molar-refractivity contribution in [1.29, 1.82) is 0 Å². The molecule has 1 unspecified atom stereocenters. The predicted molar refractivity (Wildman–Crippen MR) is 102 cm³/mol. The minimum atomic E-state index is -0.590. The normalized spacial score (nSPS) is 25.2. The van der Waals surface area contributed by atoms with E-state index in [0.717, 1.165) is 18.4 Å². The second-order valence-electron chi connectivity index (χ2n) is 8.21. The molecule has 1 heterocycles. The van der Waals surface area contributed by atoms with Crippen LogP contribution >= 0.6 is 11.6 Å². The fourth-order valence-electron chi connectivity index (χ4n) is 3.85. The van der Waals surface area contributed by atoms with Gasteiger partial charge in [0.15, 0.2) is 5.78 Å². The van der Waals surface area contributed by atoms with E-state index in [0.29, 0.717) is 30.1 Å². The number of Topliss-reactive ketones (excluding diaryl/α,β-unsaturated/α-hetero) is 1. The van der Waals surface area contributed by atoms with Gasteiger partial charge in [0.25, 0.3) is 0 Å². The fourth-order valence-corrected chi connectivity index (χ4v) is 4.14. The zero-order valence-electron chi connectivity index (χ0n) is 16.6. The van der Waals surface area contributed by atoms with Crippen molar-refractivity contribution in [1.82, 2.24) is 4.90 Å². The van der Waals surface area contributed by atoms with Crippen molar-refractivity contribution in [3.05, 3.63) is 22.3 Å². The lowest BCUT2D eigenvalue weighted by Gasteiger charge is -2.46. The van der Waals surface area contributed by atoms with E-state index in [1.165, 1.54) is 0 Å². The Bertz CT molecular complexity index is 639. The molecule has 0 saturated carbocycles. The van der Waals surface area contributed by atoms with E-state index in [-0.39, 0.29) is 17.8 Å². The summed E-state index contributed by atoms with van der Waals surface area (Å²) in [6.07, 6.45) is 3.56. The maximum atomic E-state index is 12.3. The molecule has 0 aromatic rings. The van der Waals surface area contributed by atoms with Crippen LogP contribution in [0.15, 0.2) is 22.3 Å². The van der Waals surface area contributed by atoms with Crippen LogP contribution in [0, 0.1) is 5.92 Å². The van der Waals surface area contributed by atoms with Gasteiger partial charge in [-0.05, 0) is 70.6 Å². The van der Waals surface area contributed by atoms with Gasteiger partial charge in [0.1, 0.15) is 5.60 Å². The highest BCUT2D eigenvalue weighted by molar-refractivity contribution is 6.32. The largest absolute Gasteiger partial charge is 0.444 e. The van der Waals surface area contributed by atoms with Crippen LogP contribution in [0.3, 0.4) is 0 Å². The highest BCUT2D eigenvalue weighted by Crippen LogP contribution is 2.46. The van der Waals surface area contributed by atoms with Gasteiger partial charge in [-0.25, -0.2) is 4.79 Å². The molecule has 1 saturated heterocycles. The van der Waals surface area contributed by atoms with Crippen molar-refractivity contribution in [2.24, 2.45) is 5.92 Å². The average molecular weight is 384 g/mol. The van der Waals surface area contributed by atoms with E-state index in [1.807, 2.05) is 27.7 Å². The van der Waals surface area contributed by atoms with Crippen LogP contribution in [0.25, 0.3) is 0 Å². The number of carbonyl (C=O) groups is 2. The third kappa shape index (κ3) is 4.32. The van der Waals surface area contributed by atoms with Gasteiger partial charge in [-0.3, -0.25) is 4.79 Å². The number of halogens is 1. The molecule has 1 amide bonds. The van der Waals surface area contributed by atoms with E-state index in [2.05, 4.69) is 0 Å². The summed E-state index contributed by atoms with van der Waals surface area (Å²) < 4.78 is 11.5. The van der Waals surface area contributed by atoms with Crippen LogP contribution in [0.5, 0.6) is 0 Å².